The minimum atomic E-state index is -0.107. The van der Waals surface area contributed by atoms with Gasteiger partial charge in [-0.15, -0.1) is 0 Å². The highest BCUT2D eigenvalue weighted by Gasteiger charge is 2.16. The van der Waals surface area contributed by atoms with Crippen LogP contribution < -0.4 is 10.5 Å². The van der Waals surface area contributed by atoms with E-state index in [1.54, 1.807) is 6.20 Å². The number of allylic oxidation sites excluding steroid dienone is 2. The fourth-order valence-electron chi connectivity index (χ4n) is 1.99. The molecule has 1 aliphatic rings. The van der Waals surface area contributed by atoms with Gasteiger partial charge >= 0.3 is 0 Å². The van der Waals surface area contributed by atoms with Crippen molar-refractivity contribution < 1.29 is 0 Å². The first-order chi connectivity index (χ1) is 9.60. The summed E-state index contributed by atoms with van der Waals surface area (Å²) < 4.78 is 0. The Kier molecular flexibility index (Phi) is 5.03. The molecule has 1 saturated heterocycles. The smallest absolute Gasteiger partial charge is 0.266 e. The van der Waals surface area contributed by atoms with Crippen LogP contribution in [0.15, 0.2) is 39.5 Å². The minimum absolute atomic E-state index is 0.107. The first kappa shape index (κ1) is 14.9. The number of hydrogen-bond donors (Lipinski definition) is 1. The monoisotopic (exact) mass is 292 g/mol. The van der Waals surface area contributed by atoms with Gasteiger partial charge in [-0.25, -0.2) is 4.98 Å². The van der Waals surface area contributed by atoms with Gasteiger partial charge in [0.05, 0.1) is 11.1 Å². The predicted molar refractivity (Wildman–Crippen MR) is 84.4 cm³/mol. The van der Waals surface area contributed by atoms with Crippen LogP contribution in [0, 0.1) is 0 Å². The van der Waals surface area contributed by atoms with Gasteiger partial charge in [-0.1, -0.05) is 30.5 Å². The van der Waals surface area contributed by atoms with Crippen LogP contribution in [0.25, 0.3) is 0 Å². The maximum atomic E-state index is 12.1. The van der Waals surface area contributed by atoms with Crippen LogP contribution in [0.2, 0.25) is 0 Å². The average Bonchev–Trinajstić information content (AvgIpc) is 2.42. The van der Waals surface area contributed by atoms with Crippen molar-refractivity contribution >= 4 is 17.7 Å². The molecule has 0 aromatic carbocycles. The Morgan fingerprint density at radius 3 is 2.75 bits per heavy atom. The zero-order chi connectivity index (χ0) is 14.5. The lowest BCUT2D eigenvalue weighted by Gasteiger charge is -2.32. The summed E-state index contributed by atoms with van der Waals surface area (Å²) in [5.41, 5.74) is -0.107. The van der Waals surface area contributed by atoms with Crippen molar-refractivity contribution in [3.63, 3.8) is 0 Å². The van der Waals surface area contributed by atoms with Crippen LogP contribution in [0.3, 0.4) is 0 Å². The second-order valence-electron chi connectivity index (χ2n) is 4.76. The van der Waals surface area contributed by atoms with Crippen molar-refractivity contribution in [2.75, 3.05) is 38.1 Å². The van der Waals surface area contributed by atoms with Crippen molar-refractivity contribution in [2.45, 2.75) is 11.8 Å². The zero-order valence-electron chi connectivity index (χ0n) is 11.9. The molecule has 0 bridgehead atoms. The maximum Gasteiger partial charge on any atom is 0.266 e. The van der Waals surface area contributed by atoms with Gasteiger partial charge in [-0.05, 0) is 14.0 Å². The van der Waals surface area contributed by atoms with Gasteiger partial charge in [0, 0.05) is 31.1 Å². The highest BCUT2D eigenvalue weighted by atomic mass is 32.2. The Labute approximate surface area is 123 Å². The number of nitrogens with one attached hydrogen (secondary N) is 1. The molecule has 2 heterocycles. The molecular weight excluding hydrogens is 272 g/mol. The van der Waals surface area contributed by atoms with Crippen molar-refractivity contribution in [3.05, 3.63) is 40.2 Å². The second kappa shape index (κ2) is 6.76. The second-order valence-corrected chi connectivity index (χ2v) is 5.93. The van der Waals surface area contributed by atoms with E-state index in [0.717, 1.165) is 31.1 Å². The molecule has 108 valence electrons. The third-order valence-corrected chi connectivity index (χ3v) is 4.06. The third kappa shape index (κ3) is 3.74. The van der Waals surface area contributed by atoms with Crippen LogP contribution in [0.1, 0.15) is 6.92 Å². The number of piperazine rings is 1. The number of likely N-dealkylation sites (N-methyl/N-ethyl adjacent to an activating group) is 1. The minimum Gasteiger partial charge on any atom is -0.340 e. The van der Waals surface area contributed by atoms with Gasteiger partial charge in [0.1, 0.15) is 0 Å². The normalized spacial score (nSPS) is 16.8. The molecule has 5 nitrogen and oxygen atoms in total. The highest BCUT2D eigenvalue weighted by Crippen LogP contribution is 2.22. The van der Waals surface area contributed by atoms with Crippen LogP contribution in [0.4, 0.5) is 5.95 Å². The van der Waals surface area contributed by atoms with E-state index in [0.29, 0.717) is 10.8 Å². The standard InChI is InChI=1S/C14H20N4OS/c1-4-5-11(2)20-12-10-15-14(16-13(12)19)18-8-6-17(3)7-9-18/h4-5,10H,2,6-9H2,1,3H3,(H,15,16,19). The molecule has 0 unspecified atom stereocenters. The van der Waals surface area contributed by atoms with Crippen LogP contribution in [-0.4, -0.2) is 48.1 Å². The molecule has 1 fully saturated rings. The molecule has 0 spiro atoms. The van der Waals surface area contributed by atoms with E-state index in [9.17, 15) is 4.79 Å². The van der Waals surface area contributed by atoms with Crippen LogP contribution in [-0.2, 0) is 0 Å². The molecule has 1 aromatic heterocycles. The van der Waals surface area contributed by atoms with Crippen molar-refractivity contribution in [2.24, 2.45) is 0 Å². The van der Waals surface area contributed by atoms with Gasteiger partial charge in [-0.3, -0.25) is 9.78 Å². The molecule has 0 saturated carbocycles. The summed E-state index contributed by atoms with van der Waals surface area (Å²) in [5.74, 6) is 0.657. The lowest BCUT2D eigenvalue weighted by Crippen LogP contribution is -2.45. The molecular formula is C14H20N4OS. The lowest BCUT2D eigenvalue weighted by molar-refractivity contribution is 0.311. The van der Waals surface area contributed by atoms with E-state index in [4.69, 9.17) is 0 Å². The quantitative estimate of drug-likeness (QED) is 0.676. The van der Waals surface area contributed by atoms with E-state index in [1.165, 1.54) is 11.8 Å². The maximum absolute atomic E-state index is 12.1. The first-order valence-corrected chi connectivity index (χ1v) is 7.44. The van der Waals surface area contributed by atoms with E-state index < -0.39 is 0 Å². The number of anilines is 1. The number of H-pyrrole nitrogens is 1. The summed E-state index contributed by atoms with van der Waals surface area (Å²) in [4.78, 5) is 25.1. The summed E-state index contributed by atoms with van der Waals surface area (Å²) >= 11 is 1.34. The predicted octanol–water partition coefficient (Wildman–Crippen LogP) is 1.70. The lowest BCUT2D eigenvalue weighted by atomic mass is 10.3. The SMILES string of the molecule is C=C(C=CC)Sc1cnc(N2CCN(C)CC2)[nH]c1=O. The number of aromatic amines is 1. The summed E-state index contributed by atoms with van der Waals surface area (Å²) in [6.07, 6.45) is 5.40. The summed E-state index contributed by atoms with van der Waals surface area (Å²) in [6.45, 7) is 9.54. The van der Waals surface area contributed by atoms with Gasteiger partial charge in [0.2, 0.25) is 5.95 Å². The van der Waals surface area contributed by atoms with E-state index >= 15 is 0 Å². The number of rotatable bonds is 4. The Balaban J connectivity index is 2.09. The first-order valence-electron chi connectivity index (χ1n) is 6.62. The molecule has 0 atom stereocenters. The highest BCUT2D eigenvalue weighted by molar-refractivity contribution is 8.03. The number of thioether (sulfide) groups is 1. The number of hydrogen-bond acceptors (Lipinski definition) is 5. The van der Waals surface area contributed by atoms with Crippen molar-refractivity contribution in [1.82, 2.24) is 14.9 Å². The Morgan fingerprint density at radius 1 is 1.45 bits per heavy atom. The third-order valence-electron chi connectivity index (χ3n) is 3.15. The molecule has 20 heavy (non-hydrogen) atoms. The summed E-state index contributed by atoms with van der Waals surface area (Å²) in [6, 6.07) is 0. The van der Waals surface area contributed by atoms with Gasteiger partial charge in [0.25, 0.3) is 5.56 Å². The molecule has 0 radical (unpaired) electrons. The molecule has 2 rings (SSSR count). The van der Waals surface area contributed by atoms with E-state index in [-0.39, 0.29) is 5.56 Å². The summed E-state index contributed by atoms with van der Waals surface area (Å²) in [5, 5.41) is 0. The van der Waals surface area contributed by atoms with Gasteiger partial charge in [-0.2, -0.15) is 0 Å². The largest absolute Gasteiger partial charge is 0.340 e. The Morgan fingerprint density at radius 2 is 2.15 bits per heavy atom. The molecule has 0 aliphatic carbocycles. The number of aromatic nitrogens is 2. The fraction of sp³-hybridized carbons (Fsp3) is 0.429. The summed E-state index contributed by atoms with van der Waals surface area (Å²) in [7, 11) is 2.10. The zero-order valence-corrected chi connectivity index (χ0v) is 12.7. The topological polar surface area (TPSA) is 52.2 Å². The average molecular weight is 292 g/mol. The van der Waals surface area contributed by atoms with Crippen LogP contribution >= 0.6 is 11.8 Å². The van der Waals surface area contributed by atoms with Crippen molar-refractivity contribution in [3.8, 4) is 0 Å². The van der Waals surface area contributed by atoms with Crippen LogP contribution in [0.5, 0.6) is 0 Å². The van der Waals surface area contributed by atoms with E-state index in [1.807, 2.05) is 19.1 Å². The molecule has 6 heteroatoms. The van der Waals surface area contributed by atoms with E-state index in [2.05, 4.69) is 33.4 Å². The van der Waals surface area contributed by atoms with Gasteiger partial charge in [0.15, 0.2) is 0 Å². The Bertz CT molecular complexity index is 559. The molecule has 1 aromatic rings. The molecule has 1 N–H and O–H groups in total. The number of nitrogens with zero attached hydrogens (tertiary/aromatic N) is 3. The molecule has 0 amide bonds. The van der Waals surface area contributed by atoms with Crippen molar-refractivity contribution in [1.29, 1.82) is 0 Å². The fourth-order valence-corrected chi connectivity index (χ4v) is 2.72. The van der Waals surface area contributed by atoms with Gasteiger partial charge < -0.3 is 9.80 Å². The Hall–Kier alpha value is -1.53. The molecule has 1 aliphatic heterocycles.